The summed E-state index contributed by atoms with van der Waals surface area (Å²) < 4.78 is 34.9. The van der Waals surface area contributed by atoms with Gasteiger partial charge in [0.2, 0.25) is 5.95 Å². The van der Waals surface area contributed by atoms with Gasteiger partial charge in [0, 0.05) is 30.4 Å². The number of fused-ring (bicyclic) bond motifs is 1. The van der Waals surface area contributed by atoms with Crippen LogP contribution in [0.15, 0.2) is 42.7 Å². The van der Waals surface area contributed by atoms with Crippen molar-refractivity contribution in [2.24, 2.45) is 11.8 Å². The van der Waals surface area contributed by atoms with Crippen LogP contribution in [-0.2, 0) is 16.8 Å². The second-order valence-electron chi connectivity index (χ2n) is 8.76. The number of benzene rings is 1. The number of rotatable bonds is 5. The van der Waals surface area contributed by atoms with Crippen LogP contribution >= 0.6 is 12.4 Å². The lowest BCUT2D eigenvalue weighted by atomic mass is 10.0. The fraction of sp³-hybridized carbons (Fsp3) is 0.348. The summed E-state index contributed by atoms with van der Waals surface area (Å²) in [5, 5.41) is 10.4. The first-order valence-electron chi connectivity index (χ1n) is 10.9. The highest BCUT2D eigenvalue weighted by Crippen LogP contribution is 2.62. The lowest BCUT2D eigenvalue weighted by Gasteiger charge is -2.15. The van der Waals surface area contributed by atoms with Crippen LogP contribution in [-0.4, -0.2) is 51.8 Å². The van der Waals surface area contributed by atoms with Crippen LogP contribution in [0.2, 0.25) is 0 Å². The lowest BCUT2D eigenvalue weighted by Crippen LogP contribution is -2.26. The predicted octanol–water partition coefficient (Wildman–Crippen LogP) is 3.03. The van der Waals surface area contributed by atoms with Crippen LogP contribution in [0.25, 0.3) is 16.0 Å². The summed E-state index contributed by atoms with van der Waals surface area (Å²) in [6.45, 7) is 9.46. The SMILES string of the molecule is Cl.[C-]#[N+]C1(c2ccc(-c3ccc(N4C[C@H](Cn5nncc5F)OC4=O)cc3F)cn2)[C@@H]2CNC[C@@H]21. The first-order valence-corrected chi connectivity index (χ1v) is 10.9. The number of hydrogen-bond acceptors (Lipinski definition) is 6. The third-order valence-corrected chi connectivity index (χ3v) is 6.99. The minimum absolute atomic E-state index is 0. The molecule has 1 saturated carbocycles. The molecule has 3 fully saturated rings. The fourth-order valence-corrected chi connectivity index (χ4v) is 5.20. The Kier molecular flexibility index (Phi) is 5.65. The Labute approximate surface area is 205 Å². The van der Waals surface area contributed by atoms with E-state index in [0.29, 0.717) is 16.8 Å². The van der Waals surface area contributed by atoms with E-state index >= 15 is 4.39 Å². The zero-order chi connectivity index (χ0) is 23.4. The fourth-order valence-electron chi connectivity index (χ4n) is 5.20. The van der Waals surface area contributed by atoms with Crippen molar-refractivity contribution in [1.29, 1.82) is 0 Å². The number of amides is 1. The smallest absolute Gasteiger partial charge is 0.414 e. The van der Waals surface area contributed by atoms with E-state index in [1.807, 2.05) is 6.07 Å². The van der Waals surface area contributed by atoms with Crippen LogP contribution in [0.5, 0.6) is 0 Å². The molecular weight excluding hydrogens is 480 g/mol. The third kappa shape index (κ3) is 3.61. The monoisotopic (exact) mass is 499 g/mol. The highest BCUT2D eigenvalue weighted by atomic mass is 35.5. The van der Waals surface area contributed by atoms with Crippen LogP contribution in [0, 0.1) is 30.2 Å². The predicted molar refractivity (Wildman–Crippen MR) is 123 cm³/mol. The first kappa shape index (κ1) is 23.1. The van der Waals surface area contributed by atoms with E-state index in [1.54, 1.807) is 24.4 Å². The summed E-state index contributed by atoms with van der Waals surface area (Å²) in [5.74, 6) is -0.583. The van der Waals surface area contributed by atoms with Gasteiger partial charge in [0.25, 0.3) is 5.54 Å². The number of ether oxygens (including phenoxy) is 1. The number of aromatic nitrogens is 4. The number of halogens is 3. The topological polar surface area (TPSA) is 89.5 Å². The van der Waals surface area contributed by atoms with Gasteiger partial charge in [-0.2, -0.15) is 4.39 Å². The molecule has 35 heavy (non-hydrogen) atoms. The number of carbonyl (C=O) groups excluding carboxylic acids is 1. The summed E-state index contributed by atoms with van der Waals surface area (Å²) in [5.41, 5.74) is 1.43. The number of piperidine rings is 1. The van der Waals surface area contributed by atoms with Crippen molar-refractivity contribution >= 4 is 24.2 Å². The number of anilines is 1. The maximum absolute atomic E-state index is 15.0. The standard InChI is InChI=1S/C23H19F2N7O2.ClH/c1-26-23(17-8-27-9-18(17)23)20-5-2-13(7-28-20)16-4-3-14(6-19(16)24)31-11-15(34-22(31)33)12-32-21(25)10-29-30-32;/h2-7,10,15,17-18,27H,8-9,11-12H2;1H/t15-,17-,18+,23?;/m1./s1. The summed E-state index contributed by atoms with van der Waals surface area (Å²) in [7, 11) is 0. The minimum Gasteiger partial charge on any atom is -0.442 e. The van der Waals surface area contributed by atoms with Crippen LogP contribution < -0.4 is 10.2 Å². The van der Waals surface area contributed by atoms with Gasteiger partial charge in [-0.25, -0.2) is 20.4 Å². The van der Waals surface area contributed by atoms with Gasteiger partial charge in [0.1, 0.15) is 23.8 Å². The average Bonchev–Trinajstić information content (AvgIpc) is 3.29. The summed E-state index contributed by atoms with van der Waals surface area (Å²) in [6, 6.07) is 8.07. The molecule has 3 aromatic rings. The van der Waals surface area contributed by atoms with Crippen molar-refractivity contribution in [3.63, 3.8) is 0 Å². The van der Waals surface area contributed by atoms with Gasteiger partial charge in [-0.05, 0) is 24.3 Å². The molecule has 4 atom stereocenters. The summed E-state index contributed by atoms with van der Waals surface area (Å²) in [6.07, 6.45) is 1.28. The average molecular weight is 500 g/mol. The molecule has 4 heterocycles. The minimum atomic E-state index is -0.643. The number of carbonyl (C=O) groups is 1. The third-order valence-electron chi connectivity index (χ3n) is 6.99. The molecule has 0 bridgehead atoms. The molecule has 0 spiro atoms. The first-order chi connectivity index (χ1) is 16.5. The van der Waals surface area contributed by atoms with E-state index in [2.05, 4.69) is 25.5 Å². The zero-order valence-electron chi connectivity index (χ0n) is 18.3. The van der Waals surface area contributed by atoms with E-state index < -0.39 is 29.5 Å². The Morgan fingerprint density at radius 3 is 2.63 bits per heavy atom. The molecule has 3 aliphatic rings. The Hall–Kier alpha value is -3.62. The molecule has 12 heteroatoms. The second-order valence-corrected chi connectivity index (χ2v) is 8.76. The molecule has 2 aliphatic heterocycles. The van der Waals surface area contributed by atoms with Gasteiger partial charge in [-0.3, -0.25) is 9.88 Å². The maximum atomic E-state index is 15.0. The molecule has 2 saturated heterocycles. The maximum Gasteiger partial charge on any atom is 0.414 e. The van der Waals surface area contributed by atoms with Gasteiger partial charge in [0.15, 0.2) is 0 Å². The van der Waals surface area contributed by atoms with Crippen molar-refractivity contribution in [2.75, 3.05) is 24.5 Å². The zero-order valence-corrected chi connectivity index (χ0v) is 19.1. The second kappa shape index (κ2) is 8.55. The van der Waals surface area contributed by atoms with E-state index in [9.17, 15) is 9.18 Å². The van der Waals surface area contributed by atoms with E-state index in [4.69, 9.17) is 11.3 Å². The Bertz CT molecular complexity index is 1320. The van der Waals surface area contributed by atoms with Crippen molar-refractivity contribution in [2.45, 2.75) is 18.2 Å². The van der Waals surface area contributed by atoms with Crippen molar-refractivity contribution in [3.8, 4) is 11.1 Å². The molecule has 1 amide bonds. The van der Waals surface area contributed by atoms with E-state index in [1.165, 1.54) is 11.0 Å². The molecule has 2 aromatic heterocycles. The molecule has 1 N–H and O–H groups in total. The number of pyridine rings is 1. The van der Waals surface area contributed by atoms with Crippen LogP contribution in [0.3, 0.4) is 0 Å². The Morgan fingerprint density at radius 1 is 1.20 bits per heavy atom. The highest BCUT2D eigenvalue weighted by molar-refractivity contribution is 5.90. The highest BCUT2D eigenvalue weighted by Gasteiger charge is 2.76. The van der Waals surface area contributed by atoms with Gasteiger partial charge < -0.3 is 14.9 Å². The van der Waals surface area contributed by atoms with E-state index in [0.717, 1.165) is 29.7 Å². The molecular formula is C23H20ClF2N7O2. The quantitative estimate of drug-likeness (QED) is 0.543. The van der Waals surface area contributed by atoms with Gasteiger partial charge in [0.05, 0.1) is 30.6 Å². The van der Waals surface area contributed by atoms with Crippen molar-refractivity contribution in [1.82, 2.24) is 25.3 Å². The molecule has 180 valence electrons. The number of hydrogen-bond donors (Lipinski definition) is 1. The molecule has 0 radical (unpaired) electrons. The normalized spacial score (nSPS) is 26.6. The molecule has 6 rings (SSSR count). The van der Waals surface area contributed by atoms with Crippen LogP contribution in [0.1, 0.15) is 5.69 Å². The summed E-state index contributed by atoms with van der Waals surface area (Å²) in [4.78, 5) is 22.0. The Morgan fingerprint density at radius 2 is 2.00 bits per heavy atom. The van der Waals surface area contributed by atoms with Crippen LogP contribution in [0.4, 0.5) is 19.3 Å². The number of nitrogens with zero attached hydrogens (tertiary/aromatic N) is 6. The molecule has 1 unspecified atom stereocenters. The van der Waals surface area contributed by atoms with Crippen molar-refractivity contribution < 1.29 is 18.3 Å². The lowest BCUT2D eigenvalue weighted by molar-refractivity contribution is 0.126. The van der Waals surface area contributed by atoms with E-state index in [-0.39, 0.29) is 37.3 Å². The molecule has 9 nitrogen and oxygen atoms in total. The summed E-state index contributed by atoms with van der Waals surface area (Å²) >= 11 is 0. The number of cyclic esters (lactones) is 1. The molecule has 1 aromatic carbocycles. The van der Waals surface area contributed by atoms with Gasteiger partial charge >= 0.3 is 6.09 Å². The number of nitrogens with one attached hydrogen (secondary N) is 1. The van der Waals surface area contributed by atoms with Gasteiger partial charge in [-0.1, -0.05) is 11.3 Å². The van der Waals surface area contributed by atoms with Crippen molar-refractivity contribution in [3.05, 3.63) is 71.6 Å². The largest absolute Gasteiger partial charge is 0.442 e. The van der Waals surface area contributed by atoms with Gasteiger partial charge in [-0.15, -0.1) is 17.5 Å². The molecule has 1 aliphatic carbocycles. The Balaban J connectivity index is 0.00000253.